The zero-order chi connectivity index (χ0) is 25.1. The van der Waals surface area contributed by atoms with Gasteiger partial charge < -0.3 is 28.1 Å². The standard InChI is InChI=1S/C30H28N2O4/c1-31-16-22(29-23(31)12-18(33-3)14-26(29)36-6)27-20-10-8-7-9-17(20)11-21-28-24(32(2)30(21)27)13-19(34-4)15-25(28)35-5/h7-16H,1-6H3. The van der Waals surface area contributed by atoms with Crippen LogP contribution in [0, 0.1) is 0 Å². The van der Waals surface area contributed by atoms with Crippen LogP contribution < -0.4 is 18.9 Å². The Bertz CT molecular complexity index is 1810. The molecule has 0 aliphatic heterocycles. The molecule has 0 amide bonds. The second kappa shape index (κ2) is 8.12. The van der Waals surface area contributed by atoms with Gasteiger partial charge in [-0.2, -0.15) is 0 Å². The Balaban J connectivity index is 1.87. The van der Waals surface area contributed by atoms with Crippen molar-refractivity contribution in [2.75, 3.05) is 28.4 Å². The van der Waals surface area contributed by atoms with Crippen LogP contribution in [0.2, 0.25) is 0 Å². The second-order valence-corrected chi connectivity index (χ2v) is 9.03. The van der Waals surface area contributed by atoms with Crippen LogP contribution in [0.15, 0.2) is 60.8 Å². The molecule has 6 heteroatoms. The van der Waals surface area contributed by atoms with Gasteiger partial charge in [-0.3, -0.25) is 0 Å². The van der Waals surface area contributed by atoms with Crippen molar-refractivity contribution in [3.63, 3.8) is 0 Å². The van der Waals surface area contributed by atoms with Crippen molar-refractivity contribution in [1.82, 2.24) is 9.13 Å². The first-order chi connectivity index (χ1) is 17.5. The summed E-state index contributed by atoms with van der Waals surface area (Å²) >= 11 is 0. The number of hydrogen-bond acceptors (Lipinski definition) is 4. The molecule has 6 nitrogen and oxygen atoms in total. The lowest BCUT2D eigenvalue weighted by molar-refractivity contribution is 0.397. The van der Waals surface area contributed by atoms with Crippen LogP contribution in [-0.4, -0.2) is 37.6 Å². The van der Waals surface area contributed by atoms with Crippen LogP contribution in [0.1, 0.15) is 0 Å². The second-order valence-electron chi connectivity index (χ2n) is 9.03. The van der Waals surface area contributed by atoms with Crippen molar-refractivity contribution in [1.29, 1.82) is 0 Å². The number of aryl methyl sites for hydroxylation is 2. The SMILES string of the molecule is COc1cc(OC)c2c(-c3c4ccccc4cc4c5c(OC)cc(OC)cc5n(C)c34)cn(C)c2c1. The summed E-state index contributed by atoms with van der Waals surface area (Å²) in [6.07, 6.45) is 2.18. The summed E-state index contributed by atoms with van der Waals surface area (Å²) < 4.78 is 27.3. The fourth-order valence-corrected chi connectivity index (χ4v) is 5.58. The van der Waals surface area contributed by atoms with Crippen LogP contribution in [0.4, 0.5) is 0 Å². The third-order valence-corrected chi connectivity index (χ3v) is 7.25. The van der Waals surface area contributed by atoms with E-state index in [1.165, 1.54) is 5.39 Å². The molecule has 6 rings (SSSR count). The van der Waals surface area contributed by atoms with E-state index in [0.29, 0.717) is 0 Å². The van der Waals surface area contributed by atoms with Gasteiger partial charge in [0.1, 0.15) is 23.0 Å². The molecule has 0 fully saturated rings. The van der Waals surface area contributed by atoms with Gasteiger partial charge in [0.2, 0.25) is 0 Å². The van der Waals surface area contributed by atoms with Gasteiger partial charge in [-0.15, -0.1) is 0 Å². The Morgan fingerprint density at radius 2 is 1.28 bits per heavy atom. The van der Waals surface area contributed by atoms with Crippen LogP contribution in [0.3, 0.4) is 0 Å². The first-order valence-electron chi connectivity index (χ1n) is 11.8. The number of benzene rings is 4. The topological polar surface area (TPSA) is 46.8 Å². The predicted molar refractivity (Wildman–Crippen MR) is 146 cm³/mol. The molecule has 182 valence electrons. The maximum atomic E-state index is 5.89. The normalized spacial score (nSPS) is 11.6. The maximum absolute atomic E-state index is 5.89. The molecule has 0 aliphatic rings. The highest BCUT2D eigenvalue weighted by atomic mass is 16.5. The van der Waals surface area contributed by atoms with Gasteiger partial charge in [0.15, 0.2) is 0 Å². The van der Waals surface area contributed by atoms with Crippen molar-refractivity contribution in [2.24, 2.45) is 14.1 Å². The third kappa shape index (κ3) is 2.97. The van der Waals surface area contributed by atoms with Gasteiger partial charge in [0.05, 0.1) is 45.0 Å². The fraction of sp³-hybridized carbons (Fsp3) is 0.200. The number of fused-ring (bicyclic) bond motifs is 5. The highest BCUT2D eigenvalue weighted by Crippen LogP contribution is 2.48. The quantitative estimate of drug-likeness (QED) is 0.276. The number of hydrogen-bond donors (Lipinski definition) is 0. The zero-order valence-corrected chi connectivity index (χ0v) is 21.3. The van der Waals surface area contributed by atoms with Crippen molar-refractivity contribution in [3.05, 3.63) is 60.8 Å². The van der Waals surface area contributed by atoms with Crippen LogP contribution in [0.25, 0.3) is 54.6 Å². The summed E-state index contributed by atoms with van der Waals surface area (Å²) in [7, 11) is 10.9. The molecule has 0 unspecified atom stereocenters. The fourth-order valence-electron chi connectivity index (χ4n) is 5.58. The van der Waals surface area contributed by atoms with E-state index in [9.17, 15) is 0 Å². The summed E-state index contributed by atoms with van der Waals surface area (Å²) in [5, 5.41) is 5.58. The largest absolute Gasteiger partial charge is 0.497 e. The summed E-state index contributed by atoms with van der Waals surface area (Å²) in [5.74, 6) is 3.09. The molecule has 4 aromatic carbocycles. The van der Waals surface area contributed by atoms with E-state index >= 15 is 0 Å². The number of ether oxygens (including phenoxy) is 4. The molecule has 0 bridgehead atoms. The predicted octanol–water partition coefficient (Wildman–Crippen LogP) is 6.68. The summed E-state index contributed by atoms with van der Waals surface area (Å²) in [6, 6.07) is 18.8. The van der Waals surface area contributed by atoms with Crippen LogP contribution in [-0.2, 0) is 14.1 Å². The molecule has 0 saturated heterocycles. The molecule has 2 heterocycles. The van der Waals surface area contributed by atoms with E-state index in [2.05, 4.69) is 71.9 Å². The maximum Gasteiger partial charge on any atom is 0.132 e. The van der Waals surface area contributed by atoms with Gasteiger partial charge in [0, 0.05) is 71.8 Å². The molecule has 6 aromatic rings. The molecular formula is C30H28N2O4. The van der Waals surface area contributed by atoms with Gasteiger partial charge >= 0.3 is 0 Å². The van der Waals surface area contributed by atoms with Gasteiger partial charge in [-0.1, -0.05) is 24.3 Å². The van der Waals surface area contributed by atoms with E-state index < -0.39 is 0 Å². The average Bonchev–Trinajstić information content (AvgIpc) is 3.39. The number of nitrogens with zero attached hydrogens (tertiary/aromatic N) is 2. The van der Waals surface area contributed by atoms with E-state index in [1.54, 1.807) is 28.4 Å². The lowest BCUT2D eigenvalue weighted by atomic mass is 9.94. The number of rotatable bonds is 5. The monoisotopic (exact) mass is 480 g/mol. The van der Waals surface area contributed by atoms with E-state index in [-0.39, 0.29) is 0 Å². The van der Waals surface area contributed by atoms with Crippen molar-refractivity contribution in [3.8, 4) is 34.1 Å². The van der Waals surface area contributed by atoms with E-state index in [1.807, 2.05) is 12.1 Å². The third-order valence-electron chi connectivity index (χ3n) is 7.25. The molecule has 0 atom stereocenters. The van der Waals surface area contributed by atoms with Crippen molar-refractivity contribution in [2.45, 2.75) is 0 Å². The minimum Gasteiger partial charge on any atom is -0.497 e. The summed E-state index contributed by atoms with van der Waals surface area (Å²) in [4.78, 5) is 0. The Labute approximate surface area is 209 Å². The smallest absolute Gasteiger partial charge is 0.132 e. The highest BCUT2D eigenvalue weighted by Gasteiger charge is 2.24. The lowest BCUT2D eigenvalue weighted by Gasteiger charge is -2.13. The molecule has 0 spiro atoms. The minimum absolute atomic E-state index is 0.760. The molecular weight excluding hydrogens is 452 g/mol. The molecule has 0 N–H and O–H groups in total. The first kappa shape index (κ1) is 22.2. The van der Waals surface area contributed by atoms with Crippen molar-refractivity contribution >= 4 is 43.5 Å². The molecule has 0 saturated carbocycles. The Morgan fingerprint density at radius 1 is 0.639 bits per heavy atom. The number of aromatic nitrogens is 2. The lowest BCUT2D eigenvalue weighted by Crippen LogP contribution is -1.93. The Kier molecular flexibility index (Phi) is 5.00. The van der Waals surface area contributed by atoms with Crippen LogP contribution >= 0.6 is 0 Å². The van der Waals surface area contributed by atoms with E-state index in [0.717, 1.165) is 72.2 Å². The Hall–Kier alpha value is -4.32. The Morgan fingerprint density at radius 3 is 1.94 bits per heavy atom. The van der Waals surface area contributed by atoms with Crippen molar-refractivity contribution < 1.29 is 18.9 Å². The highest BCUT2D eigenvalue weighted by molar-refractivity contribution is 6.24. The first-order valence-corrected chi connectivity index (χ1v) is 11.8. The van der Waals surface area contributed by atoms with Crippen LogP contribution in [0.5, 0.6) is 23.0 Å². The number of methoxy groups -OCH3 is 4. The van der Waals surface area contributed by atoms with E-state index in [4.69, 9.17) is 18.9 Å². The summed E-state index contributed by atoms with van der Waals surface area (Å²) in [6.45, 7) is 0. The zero-order valence-electron chi connectivity index (χ0n) is 21.3. The molecule has 36 heavy (non-hydrogen) atoms. The summed E-state index contributed by atoms with van der Waals surface area (Å²) in [5.41, 5.74) is 5.47. The molecule has 0 radical (unpaired) electrons. The van der Waals surface area contributed by atoms with Gasteiger partial charge in [-0.05, 0) is 16.8 Å². The minimum atomic E-state index is 0.760. The average molecular weight is 481 g/mol. The van der Waals surface area contributed by atoms with Gasteiger partial charge in [0.25, 0.3) is 0 Å². The molecule has 0 aliphatic carbocycles. The molecule has 2 aromatic heterocycles. The van der Waals surface area contributed by atoms with Gasteiger partial charge in [-0.25, -0.2) is 0 Å².